The monoisotopic (exact) mass is 271 g/mol. The molecule has 0 saturated heterocycles. The molecule has 20 heavy (non-hydrogen) atoms. The molecule has 1 unspecified atom stereocenters. The van der Waals surface area contributed by atoms with Crippen molar-refractivity contribution in [3.8, 4) is 0 Å². The second kappa shape index (κ2) is 5.73. The van der Waals surface area contributed by atoms with Crippen LogP contribution >= 0.6 is 0 Å². The topological polar surface area (TPSA) is 71.8 Å². The first-order valence-corrected chi connectivity index (χ1v) is 6.76. The van der Waals surface area contributed by atoms with E-state index in [2.05, 4.69) is 25.2 Å². The molecule has 0 spiro atoms. The third kappa shape index (κ3) is 2.96. The summed E-state index contributed by atoms with van der Waals surface area (Å²) in [6, 6.07) is 3.41. The number of fused-ring (bicyclic) bond motifs is 1. The molecule has 2 aromatic rings. The number of amides is 2. The molecule has 1 atom stereocenters. The number of pyridine rings is 1. The van der Waals surface area contributed by atoms with Gasteiger partial charge in [0.2, 0.25) is 0 Å². The van der Waals surface area contributed by atoms with Crippen LogP contribution in [0.25, 0.3) is 0 Å². The maximum atomic E-state index is 11.8. The average Bonchev–Trinajstić information content (AvgIpc) is 2.93. The van der Waals surface area contributed by atoms with E-state index < -0.39 is 0 Å². The number of aromatic nitrogens is 3. The van der Waals surface area contributed by atoms with Crippen LogP contribution in [-0.2, 0) is 13.0 Å². The Kier molecular flexibility index (Phi) is 3.62. The van der Waals surface area contributed by atoms with Gasteiger partial charge in [0.1, 0.15) is 5.82 Å². The number of imidazole rings is 1. The number of carbonyl (C=O) groups excluding carboxylic acids is 1. The van der Waals surface area contributed by atoms with E-state index in [9.17, 15) is 4.79 Å². The van der Waals surface area contributed by atoms with Crippen LogP contribution in [0, 0.1) is 5.92 Å². The molecule has 0 fully saturated rings. The lowest BCUT2D eigenvalue weighted by Gasteiger charge is -2.23. The minimum atomic E-state index is -0.188. The minimum Gasteiger partial charge on any atom is -0.338 e. The molecular weight excluding hydrogens is 254 g/mol. The summed E-state index contributed by atoms with van der Waals surface area (Å²) in [5.41, 5.74) is 0.698. The highest BCUT2D eigenvalue weighted by molar-refractivity contribution is 5.88. The molecule has 2 aromatic heterocycles. The van der Waals surface area contributed by atoms with Gasteiger partial charge in [-0.2, -0.15) is 0 Å². The Labute approximate surface area is 117 Å². The summed E-state index contributed by atoms with van der Waals surface area (Å²) >= 11 is 0. The van der Waals surface area contributed by atoms with Crippen molar-refractivity contribution in [2.75, 3.05) is 11.9 Å². The molecule has 0 aromatic carbocycles. The fourth-order valence-electron chi connectivity index (χ4n) is 2.44. The van der Waals surface area contributed by atoms with Gasteiger partial charge in [0.15, 0.2) is 0 Å². The lowest BCUT2D eigenvalue weighted by atomic mass is 9.98. The summed E-state index contributed by atoms with van der Waals surface area (Å²) in [4.78, 5) is 20.1. The van der Waals surface area contributed by atoms with E-state index in [0.717, 1.165) is 25.2 Å². The van der Waals surface area contributed by atoms with Crippen molar-refractivity contribution in [1.29, 1.82) is 0 Å². The molecule has 2 amide bonds. The molecule has 1 aliphatic heterocycles. The number of nitrogens with one attached hydrogen (secondary N) is 2. The van der Waals surface area contributed by atoms with Crippen LogP contribution in [0.2, 0.25) is 0 Å². The van der Waals surface area contributed by atoms with Gasteiger partial charge >= 0.3 is 6.03 Å². The summed E-state index contributed by atoms with van der Waals surface area (Å²) in [5, 5.41) is 5.67. The number of carbonyl (C=O) groups is 1. The summed E-state index contributed by atoms with van der Waals surface area (Å²) in [6.45, 7) is 1.64. The van der Waals surface area contributed by atoms with E-state index in [1.54, 1.807) is 18.5 Å². The summed E-state index contributed by atoms with van der Waals surface area (Å²) in [7, 11) is 0. The molecule has 0 aliphatic carbocycles. The maximum absolute atomic E-state index is 11.8. The van der Waals surface area contributed by atoms with Gasteiger partial charge in [0, 0.05) is 38.1 Å². The van der Waals surface area contributed by atoms with Crippen LogP contribution in [0.4, 0.5) is 10.5 Å². The zero-order valence-corrected chi connectivity index (χ0v) is 11.1. The predicted octanol–water partition coefficient (Wildman–Crippen LogP) is 1.66. The molecule has 0 radical (unpaired) electrons. The molecule has 6 nitrogen and oxygen atoms in total. The second-order valence-electron chi connectivity index (χ2n) is 4.97. The Morgan fingerprint density at radius 3 is 3.25 bits per heavy atom. The van der Waals surface area contributed by atoms with Gasteiger partial charge in [-0.1, -0.05) is 0 Å². The standard InChI is InChI=1S/C14H17N5O/c20-14(18-12-2-1-4-15-10-12)17-9-11-3-6-19-7-5-16-13(19)8-11/h1-2,4-5,7,10-11H,3,6,8-9H2,(H2,17,18,20). The van der Waals surface area contributed by atoms with Gasteiger partial charge in [-0.15, -0.1) is 0 Å². The van der Waals surface area contributed by atoms with Crippen LogP contribution in [0.1, 0.15) is 12.2 Å². The molecular formula is C14H17N5O. The zero-order chi connectivity index (χ0) is 13.8. The number of aryl methyl sites for hydroxylation is 1. The molecule has 104 valence electrons. The van der Waals surface area contributed by atoms with Gasteiger partial charge in [-0.25, -0.2) is 9.78 Å². The lowest BCUT2D eigenvalue weighted by Crippen LogP contribution is -2.35. The SMILES string of the molecule is O=C(NCC1CCn2ccnc2C1)Nc1cccnc1. The molecule has 3 heterocycles. The van der Waals surface area contributed by atoms with E-state index in [4.69, 9.17) is 0 Å². The zero-order valence-electron chi connectivity index (χ0n) is 11.1. The number of urea groups is 1. The molecule has 1 aliphatic rings. The highest BCUT2D eigenvalue weighted by Crippen LogP contribution is 2.18. The van der Waals surface area contributed by atoms with Crippen molar-refractivity contribution >= 4 is 11.7 Å². The molecule has 2 N–H and O–H groups in total. The predicted molar refractivity (Wildman–Crippen MR) is 75.3 cm³/mol. The average molecular weight is 271 g/mol. The van der Waals surface area contributed by atoms with Crippen LogP contribution in [0.5, 0.6) is 0 Å². The molecule has 0 bridgehead atoms. The van der Waals surface area contributed by atoms with Gasteiger partial charge < -0.3 is 15.2 Å². The van der Waals surface area contributed by atoms with Crippen LogP contribution in [-0.4, -0.2) is 27.1 Å². The minimum absolute atomic E-state index is 0.188. The van der Waals surface area contributed by atoms with Gasteiger partial charge in [0.25, 0.3) is 0 Å². The van der Waals surface area contributed by atoms with Crippen molar-refractivity contribution < 1.29 is 4.79 Å². The van der Waals surface area contributed by atoms with Crippen LogP contribution in [0.3, 0.4) is 0 Å². The second-order valence-corrected chi connectivity index (χ2v) is 4.97. The Morgan fingerprint density at radius 1 is 1.45 bits per heavy atom. The van der Waals surface area contributed by atoms with E-state index in [0.29, 0.717) is 18.2 Å². The largest absolute Gasteiger partial charge is 0.338 e. The molecule has 3 rings (SSSR count). The normalized spacial score (nSPS) is 17.3. The highest BCUT2D eigenvalue weighted by Gasteiger charge is 2.19. The smallest absolute Gasteiger partial charge is 0.319 e. The third-order valence-electron chi connectivity index (χ3n) is 3.52. The first-order valence-electron chi connectivity index (χ1n) is 6.76. The Balaban J connectivity index is 1.47. The van der Waals surface area contributed by atoms with Crippen molar-refractivity contribution in [3.05, 3.63) is 42.7 Å². The number of hydrogen-bond acceptors (Lipinski definition) is 3. The number of hydrogen-bond donors (Lipinski definition) is 2. The fraction of sp³-hybridized carbons (Fsp3) is 0.357. The first kappa shape index (κ1) is 12.7. The lowest BCUT2D eigenvalue weighted by molar-refractivity contribution is 0.248. The number of anilines is 1. The first-order chi connectivity index (χ1) is 9.81. The van der Waals surface area contributed by atoms with Crippen molar-refractivity contribution in [3.63, 3.8) is 0 Å². The van der Waals surface area contributed by atoms with E-state index in [-0.39, 0.29) is 6.03 Å². The fourth-order valence-corrected chi connectivity index (χ4v) is 2.44. The Hall–Kier alpha value is -2.37. The van der Waals surface area contributed by atoms with Gasteiger partial charge in [0.05, 0.1) is 11.9 Å². The molecule has 0 saturated carbocycles. The van der Waals surface area contributed by atoms with Crippen molar-refractivity contribution in [1.82, 2.24) is 19.9 Å². The summed E-state index contributed by atoms with van der Waals surface area (Å²) < 4.78 is 2.17. The summed E-state index contributed by atoms with van der Waals surface area (Å²) in [5.74, 6) is 1.56. The van der Waals surface area contributed by atoms with Gasteiger partial charge in [-0.05, 0) is 24.5 Å². The van der Waals surface area contributed by atoms with Crippen molar-refractivity contribution in [2.24, 2.45) is 5.92 Å². The van der Waals surface area contributed by atoms with E-state index in [1.807, 2.05) is 18.5 Å². The van der Waals surface area contributed by atoms with Gasteiger partial charge in [-0.3, -0.25) is 4.98 Å². The maximum Gasteiger partial charge on any atom is 0.319 e. The highest BCUT2D eigenvalue weighted by atomic mass is 16.2. The van der Waals surface area contributed by atoms with Crippen molar-refractivity contribution in [2.45, 2.75) is 19.4 Å². The van der Waals surface area contributed by atoms with E-state index >= 15 is 0 Å². The van der Waals surface area contributed by atoms with E-state index in [1.165, 1.54) is 0 Å². The quantitative estimate of drug-likeness (QED) is 0.891. The third-order valence-corrected chi connectivity index (χ3v) is 3.52. The Morgan fingerprint density at radius 2 is 2.40 bits per heavy atom. The molecule has 6 heteroatoms. The van der Waals surface area contributed by atoms with Crippen LogP contribution in [0.15, 0.2) is 36.9 Å². The Bertz CT molecular complexity index is 580. The number of rotatable bonds is 3. The number of nitrogens with zero attached hydrogens (tertiary/aromatic N) is 3. The van der Waals surface area contributed by atoms with Crippen LogP contribution < -0.4 is 10.6 Å². The summed E-state index contributed by atoms with van der Waals surface area (Å²) in [6.07, 6.45) is 9.12.